The fourth-order valence-electron chi connectivity index (χ4n) is 2.28. The number of hydrogen-bond donors (Lipinski definition) is 1. The minimum atomic E-state index is -0.828. The molecule has 17 heavy (non-hydrogen) atoms. The van der Waals surface area contributed by atoms with Crippen molar-refractivity contribution < 1.29 is 9.90 Å². The van der Waals surface area contributed by atoms with E-state index in [0.717, 1.165) is 18.7 Å². The van der Waals surface area contributed by atoms with Crippen LogP contribution in [-0.4, -0.2) is 24.7 Å². The number of anilines is 1. The molecule has 0 radical (unpaired) electrons. The summed E-state index contributed by atoms with van der Waals surface area (Å²) in [6.07, 6.45) is 1.43. The Hall–Kier alpha value is -0.930. The number of aliphatic carboxylic acids is 1. The lowest BCUT2D eigenvalue weighted by Crippen LogP contribution is -2.18. The highest BCUT2D eigenvalue weighted by atomic mass is 35.5. The van der Waals surface area contributed by atoms with E-state index in [0.29, 0.717) is 22.0 Å². The average molecular weight is 274 g/mol. The normalized spacial score (nSPS) is 19.7. The van der Waals surface area contributed by atoms with Gasteiger partial charge in [-0.05, 0) is 25.0 Å². The average Bonchev–Trinajstić information content (AvgIpc) is 2.39. The van der Waals surface area contributed by atoms with Gasteiger partial charge in [-0.3, -0.25) is 4.79 Å². The Morgan fingerprint density at radius 2 is 2.18 bits per heavy atom. The minimum Gasteiger partial charge on any atom is -0.481 e. The molecule has 5 heteroatoms. The molecule has 92 valence electrons. The topological polar surface area (TPSA) is 40.5 Å². The molecule has 1 unspecified atom stereocenters. The summed E-state index contributed by atoms with van der Waals surface area (Å²) in [5.41, 5.74) is 1.51. The van der Waals surface area contributed by atoms with Gasteiger partial charge in [0.15, 0.2) is 0 Å². The predicted molar refractivity (Wildman–Crippen MR) is 69.3 cm³/mol. The maximum absolute atomic E-state index is 11.3. The lowest BCUT2D eigenvalue weighted by Gasteiger charge is -2.21. The Labute approximate surface area is 110 Å². The first kappa shape index (κ1) is 12.5. The fraction of sp³-hybridized carbons (Fsp3) is 0.417. The first-order valence-corrected chi connectivity index (χ1v) is 6.19. The van der Waals surface area contributed by atoms with Gasteiger partial charge in [0.25, 0.3) is 0 Å². The number of nitrogens with zero attached hydrogens (tertiary/aromatic N) is 1. The lowest BCUT2D eigenvalue weighted by atomic mass is 9.94. The summed E-state index contributed by atoms with van der Waals surface area (Å²) in [5.74, 6) is -1.37. The van der Waals surface area contributed by atoms with Crippen LogP contribution in [0.15, 0.2) is 12.1 Å². The lowest BCUT2D eigenvalue weighted by molar-refractivity contribution is -0.138. The van der Waals surface area contributed by atoms with Crippen molar-refractivity contribution >= 4 is 34.9 Å². The molecular formula is C12H13Cl2NO2. The van der Waals surface area contributed by atoms with Gasteiger partial charge in [0.2, 0.25) is 0 Å². The number of carboxylic acids is 1. The maximum Gasteiger partial charge on any atom is 0.311 e. The van der Waals surface area contributed by atoms with E-state index in [9.17, 15) is 9.90 Å². The highest BCUT2D eigenvalue weighted by Gasteiger charge is 2.29. The molecule has 0 saturated heterocycles. The van der Waals surface area contributed by atoms with Crippen molar-refractivity contribution in [1.29, 1.82) is 0 Å². The minimum absolute atomic E-state index is 0.439. The van der Waals surface area contributed by atoms with E-state index < -0.39 is 11.9 Å². The fourth-order valence-corrected chi connectivity index (χ4v) is 2.89. The molecule has 1 N–H and O–H groups in total. The summed E-state index contributed by atoms with van der Waals surface area (Å²) in [4.78, 5) is 13.3. The van der Waals surface area contributed by atoms with Crippen LogP contribution in [0.1, 0.15) is 24.3 Å². The Balaban J connectivity index is 2.62. The number of halogens is 2. The summed E-state index contributed by atoms with van der Waals surface area (Å²) < 4.78 is 0. The number of rotatable bonds is 1. The van der Waals surface area contributed by atoms with Crippen LogP contribution in [0, 0.1) is 0 Å². The van der Waals surface area contributed by atoms with Gasteiger partial charge in [-0.1, -0.05) is 23.2 Å². The molecule has 3 nitrogen and oxygen atoms in total. The van der Waals surface area contributed by atoms with Crippen LogP contribution in [0.4, 0.5) is 5.69 Å². The summed E-state index contributed by atoms with van der Waals surface area (Å²) in [5, 5.41) is 10.3. The zero-order valence-electron chi connectivity index (χ0n) is 9.41. The van der Waals surface area contributed by atoms with Crippen LogP contribution >= 0.6 is 23.2 Å². The first-order chi connectivity index (χ1) is 8.00. The molecule has 1 aromatic carbocycles. The smallest absolute Gasteiger partial charge is 0.311 e. The summed E-state index contributed by atoms with van der Waals surface area (Å²) in [6.45, 7) is 0.813. The molecule has 0 aromatic heterocycles. The third-order valence-electron chi connectivity index (χ3n) is 3.12. The molecule has 1 aromatic rings. The van der Waals surface area contributed by atoms with Gasteiger partial charge in [0.05, 0.1) is 5.92 Å². The predicted octanol–water partition coefficient (Wildman–Crippen LogP) is 3.39. The van der Waals surface area contributed by atoms with Gasteiger partial charge in [-0.15, -0.1) is 0 Å². The van der Waals surface area contributed by atoms with Gasteiger partial charge >= 0.3 is 5.97 Å². The second-order valence-electron chi connectivity index (χ2n) is 4.28. The van der Waals surface area contributed by atoms with Gasteiger partial charge in [0, 0.05) is 34.9 Å². The number of carbonyl (C=O) groups is 1. The van der Waals surface area contributed by atoms with Crippen molar-refractivity contribution in [3.63, 3.8) is 0 Å². The summed E-state index contributed by atoms with van der Waals surface area (Å²) >= 11 is 12.1. The Kier molecular flexibility index (Phi) is 3.50. The van der Waals surface area contributed by atoms with E-state index in [4.69, 9.17) is 23.2 Å². The van der Waals surface area contributed by atoms with Crippen molar-refractivity contribution in [1.82, 2.24) is 0 Å². The molecule has 0 amide bonds. The van der Waals surface area contributed by atoms with Crippen molar-refractivity contribution in [3.8, 4) is 0 Å². The standard InChI is InChI=1S/C12H13Cl2NO2/c1-15-4-2-3-8(12(16)17)11-9(14)5-7(13)6-10(11)15/h5-6,8H,2-4H2,1H3,(H,16,17). The molecule has 1 aliphatic heterocycles. The Morgan fingerprint density at radius 1 is 1.47 bits per heavy atom. The molecule has 1 atom stereocenters. The van der Waals surface area contributed by atoms with Gasteiger partial charge < -0.3 is 10.0 Å². The largest absolute Gasteiger partial charge is 0.481 e. The molecule has 2 rings (SSSR count). The van der Waals surface area contributed by atoms with E-state index in [1.165, 1.54) is 0 Å². The molecule has 0 saturated carbocycles. The van der Waals surface area contributed by atoms with Crippen LogP contribution in [0.25, 0.3) is 0 Å². The van der Waals surface area contributed by atoms with Crippen LogP contribution in [0.2, 0.25) is 10.0 Å². The molecule has 1 aliphatic rings. The molecule has 1 heterocycles. The zero-order valence-corrected chi connectivity index (χ0v) is 10.9. The number of carboxylic acid groups (broad SMARTS) is 1. The Morgan fingerprint density at radius 3 is 2.82 bits per heavy atom. The third-order valence-corrected chi connectivity index (χ3v) is 3.65. The van der Waals surface area contributed by atoms with Crippen LogP contribution < -0.4 is 4.90 Å². The zero-order chi connectivity index (χ0) is 12.6. The van der Waals surface area contributed by atoms with E-state index in [2.05, 4.69) is 0 Å². The second-order valence-corrected chi connectivity index (χ2v) is 5.12. The third kappa shape index (κ3) is 2.35. The number of benzene rings is 1. The van der Waals surface area contributed by atoms with Gasteiger partial charge in [0.1, 0.15) is 0 Å². The van der Waals surface area contributed by atoms with E-state index >= 15 is 0 Å². The van der Waals surface area contributed by atoms with Gasteiger partial charge in [-0.25, -0.2) is 0 Å². The number of hydrogen-bond acceptors (Lipinski definition) is 2. The molecular weight excluding hydrogens is 261 g/mol. The molecule has 0 spiro atoms. The highest BCUT2D eigenvalue weighted by molar-refractivity contribution is 6.36. The van der Waals surface area contributed by atoms with Crippen molar-refractivity contribution in [2.45, 2.75) is 18.8 Å². The molecule has 0 bridgehead atoms. The summed E-state index contributed by atoms with van der Waals surface area (Å²) in [7, 11) is 1.93. The summed E-state index contributed by atoms with van der Waals surface area (Å²) in [6, 6.07) is 3.39. The van der Waals surface area contributed by atoms with Crippen LogP contribution in [0.5, 0.6) is 0 Å². The maximum atomic E-state index is 11.3. The first-order valence-electron chi connectivity index (χ1n) is 5.43. The quantitative estimate of drug-likeness (QED) is 0.853. The van der Waals surface area contributed by atoms with Crippen molar-refractivity contribution in [2.75, 3.05) is 18.5 Å². The van der Waals surface area contributed by atoms with E-state index in [1.807, 2.05) is 11.9 Å². The molecule has 0 aliphatic carbocycles. The van der Waals surface area contributed by atoms with E-state index in [1.54, 1.807) is 12.1 Å². The monoisotopic (exact) mass is 273 g/mol. The van der Waals surface area contributed by atoms with Crippen molar-refractivity contribution in [2.24, 2.45) is 0 Å². The van der Waals surface area contributed by atoms with E-state index in [-0.39, 0.29) is 0 Å². The van der Waals surface area contributed by atoms with Crippen LogP contribution in [0.3, 0.4) is 0 Å². The van der Waals surface area contributed by atoms with Crippen molar-refractivity contribution in [3.05, 3.63) is 27.7 Å². The highest BCUT2D eigenvalue weighted by Crippen LogP contribution is 2.40. The molecule has 0 fully saturated rings. The Bertz CT molecular complexity index is 462. The van der Waals surface area contributed by atoms with Gasteiger partial charge in [-0.2, -0.15) is 0 Å². The number of fused-ring (bicyclic) bond motifs is 1. The van der Waals surface area contributed by atoms with Crippen LogP contribution in [-0.2, 0) is 4.79 Å². The SMILES string of the molecule is CN1CCCC(C(=O)O)c2c(Cl)cc(Cl)cc21. The second kappa shape index (κ2) is 4.75.